The first-order valence-electron chi connectivity index (χ1n) is 12.8. The van der Waals surface area contributed by atoms with Crippen molar-refractivity contribution in [2.45, 2.75) is 26.3 Å². The summed E-state index contributed by atoms with van der Waals surface area (Å²) in [5.41, 5.74) is 1.41. The molecule has 0 bridgehead atoms. The molecule has 3 amide bonds. The Labute approximate surface area is 220 Å². The summed E-state index contributed by atoms with van der Waals surface area (Å²) in [5, 5.41) is 2.87. The van der Waals surface area contributed by atoms with Gasteiger partial charge in [0.25, 0.3) is 5.91 Å². The molecule has 2 heterocycles. The van der Waals surface area contributed by atoms with Crippen molar-refractivity contribution in [2.24, 2.45) is 0 Å². The summed E-state index contributed by atoms with van der Waals surface area (Å²) in [6.45, 7) is 6.20. The topological polar surface area (TPSA) is 82.2 Å². The van der Waals surface area contributed by atoms with Crippen molar-refractivity contribution in [3.63, 3.8) is 0 Å². The van der Waals surface area contributed by atoms with Crippen LogP contribution in [0.2, 0.25) is 0 Å². The van der Waals surface area contributed by atoms with Gasteiger partial charge < -0.3 is 15.0 Å². The molecular weight excluding hydrogens is 494 g/mol. The molecule has 0 saturated carbocycles. The number of carbonyl (C=O) groups excluding carboxylic acids is 3. The lowest BCUT2D eigenvalue weighted by Gasteiger charge is -2.38. The van der Waals surface area contributed by atoms with Crippen LogP contribution in [0.15, 0.2) is 59.8 Å². The molecule has 2 aromatic rings. The Morgan fingerprint density at radius 2 is 1.74 bits per heavy atom. The number of benzene rings is 2. The van der Waals surface area contributed by atoms with Crippen LogP contribution in [0.1, 0.15) is 42.2 Å². The molecule has 0 radical (unpaired) electrons. The van der Waals surface area contributed by atoms with Crippen LogP contribution in [0, 0.1) is 11.6 Å². The van der Waals surface area contributed by atoms with E-state index in [-0.39, 0.29) is 30.7 Å². The Morgan fingerprint density at radius 3 is 2.42 bits per heavy atom. The van der Waals surface area contributed by atoms with Gasteiger partial charge in [0.15, 0.2) is 0 Å². The number of esters is 1. The highest BCUT2D eigenvalue weighted by Gasteiger charge is 2.38. The number of carbonyl (C=O) groups is 3. The van der Waals surface area contributed by atoms with Crippen LogP contribution < -0.4 is 5.32 Å². The zero-order chi connectivity index (χ0) is 27.2. The number of hydrogen-bond donors (Lipinski definition) is 1. The van der Waals surface area contributed by atoms with Crippen LogP contribution in [0.4, 0.5) is 13.6 Å². The second-order valence-corrected chi connectivity index (χ2v) is 9.16. The molecule has 2 aliphatic heterocycles. The largest absolute Gasteiger partial charge is 0.463 e. The third kappa shape index (κ3) is 5.85. The van der Waals surface area contributed by atoms with E-state index in [1.807, 2.05) is 6.92 Å². The van der Waals surface area contributed by atoms with E-state index in [0.717, 1.165) is 0 Å². The van der Waals surface area contributed by atoms with Crippen LogP contribution >= 0.6 is 0 Å². The Hall–Kier alpha value is -3.79. The molecule has 8 nitrogen and oxygen atoms in total. The van der Waals surface area contributed by atoms with Gasteiger partial charge in [-0.2, -0.15) is 0 Å². The molecule has 2 aliphatic rings. The molecule has 202 valence electrons. The van der Waals surface area contributed by atoms with Gasteiger partial charge in [0.1, 0.15) is 11.6 Å². The first-order chi connectivity index (χ1) is 18.3. The van der Waals surface area contributed by atoms with Crippen LogP contribution in [0.3, 0.4) is 0 Å². The molecule has 1 saturated heterocycles. The summed E-state index contributed by atoms with van der Waals surface area (Å²) in [5.74, 6) is -1.89. The highest BCUT2D eigenvalue weighted by molar-refractivity contribution is 5.95. The molecule has 0 spiro atoms. The van der Waals surface area contributed by atoms with Crippen LogP contribution in [-0.4, -0.2) is 78.5 Å². The normalized spacial score (nSPS) is 18.7. The van der Waals surface area contributed by atoms with E-state index in [1.165, 1.54) is 41.3 Å². The summed E-state index contributed by atoms with van der Waals surface area (Å²) in [6, 6.07) is 10.4. The number of rotatable bonds is 7. The van der Waals surface area contributed by atoms with Gasteiger partial charge in [0.05, 0.1) is 23.8 Å². The van der Waals surface area contributed by atoms with Crippen molar-refractivity contribution < 1.29 is 27.9 Å². The fraction of sp³-hybridized carbons (Fsp3) is 0.393. The van der Waals surface area contributed by atoms with E-state index in [0.29, 0.717) is 56.0 Å². The van der Waals surface area contributed by atoms with Gasteiger partial charge in [-0.05, 0) is 50.1 Å². The second-order valence-electron chi connectivity index (χ2n) is 9.16. The quantitative estimate of drug-likeness (QED) is 0.557. The summed E-state index contributed by atoms with van der Waals surface area (Å²) in [7, 11) is 0. The lowest BCUT2D eigenvalue weighted by atomic mass is 9.94. The van der Waals surface area contributed by atoms with Crippen LogP contribution in [0.5, 0.6) is 0 Å². The van der Waals surface area contributed by atoms with E-state index in [1.54, 1.807) is 24.0 Å². The second kappa shape index (κ2) is 12.2. The zero-order valence-corrected chi connectivity index (χ0v) is 21.6. The van der Waals surface area contributed by atoms with Gasteiger partial charge in [-0.3, -0.25) is 14.6 Å². The third-order valence-corrected chi connectivity index (χ3v) is 6.81. The Morgan fingerprint density at radius 1 is 1.00 bits per heavy atom. The number of halogens is 2. The number of nitrogens with zero attached hydrogens (tertiary/aromatic N) is 3. The lowest BCUT2D eigenvalue weighted by Crippen LogP contribution is -2.51. The molecule has 1 N–H and O–H groups in total. The number of hydrogen-bond acceptors (Lipinski definition) is 5. The summed E-state index contributed by atoms with van der Waals surface area (Å²) in [4.78, 5) is 44.5. The maximum absolute atomic E-state index is 14.2. The molecule has 1 unspecified atom stereocenters. The fourth-order valence-corrected chi connectivity index (χ4v) is 4.91. The highest BCUT2D eigenvalue weighted by atomic mass is 19.1. The number of ether oxygens (including phenoxy) is 1. The molecule has 0 aliphatic carbocycles. The number of likely N-dealkylation sites (N-methyl/N-ethyl adjacent to an activating group) is 1. The van der Waals surface area contributed by atoms with Crippen molar-refractivity contribution in [1.29, 1.82) is 0 Å². The lowest BCUT2D eigenvalue weighted by molar-refractivity contribution is -0.139. The van der Waals surface area contributed by atoms with Crippen molar-refractivity contribution in [3.05, 3.63) is 82.6 Å². The summed E-state index contributed by atoms with van der Waals surface area (Å²) in [6.07, 6.45) is 0.641. The monoisotopic (exact) mass is 526 g/mol. The Balaban J connectivity index is 1.62. The van der Waals surface area contributed by atoms with Gasteiger partial charge in [-0.1, -0.05) is 24.3 Å². The zero-order valence-electron chi connectivity index (χ0n) is 21.6. The number of amides is 3. The van der Waals surface area contributed by atoms with Gasteiger partial charge in [0.2, 0.25) is 0 Å². The minimum Gasteiger partial charge on any atom is -0.463 e. The van der Waals surface area contributed by atoms with Crippen molar-refractivity contribution in [1.82, 2.24) is 20.0 Å². The number of nitrogens with one attached hydrogen (secondary N) is 1. The van der Waals surface area contributed by atoms with E-state index in [9.17, 15) is 23.2 Å². The molecule has 4 rings (SSSR count). The first kappa shape index (κ1) is 27.3. The Kier molecular flexibility index (Phi) is 8.73. The predicted molar refractivity (Wildman–Crippen MR) is 137 cm³/mol. The standard InChI is InChI=1S/C28H32F2N4O4/c1-3-34-23(18-32-14-7-15-33(17-16-32)26(35)21-8-5-6-9-22(21)30)24(27(36)38-4-2)25(31-28(34)37)19-10-12-20(29)13-11-19/h5-6,8-13,25H,3-4,7,14-18H2,1-2H3,(H,31,37). The van der Waals surface area contributed by atoms with Crippen LogP contribution in [-0.2, 0) is 9.53 Å². The molecule has 1 atom stereocenters. The van der Waals surface area contributed by atoms with Gasteiger partial charge in [-0.15, -0.1) is 0 Å². The maximum atomic E-state index is 14.2. The van der Waals surface area contributed by atoms with E-state index in [4.69, 9.17) is 4.74 Å². The minimum atomic E-state index is -0.800. The molecule has 10 heteroatoms. The van der Waals surface area contributed by atoms with Crippen LogP contribution in [0.25, 0.3) is 0 Å². The van der Waals surface area contributed by atoms with Crippen molar-refractivity contribution in [3.8, 4) is 0 Å². The van der Waals surface area contributed by atoms with E-state index >= 15 is 0 Å². The maximum Gasteiger partial charge on any atom is 0.338 e. The van der Waals surface area contributed by atoms with Gasteiger partial charge in [0, 0.05) is 45.0 Å². The predicted octanol–water partition coefficient (Wildman–Crippen LogP) is 3.72. The highest BCUT2D eigenvalue weighted by Crippen LogP contribution is 2.32. The molecule has 38 heavy (non-hydrogen) atoms. The van der Waals surface area contributed by atoms with E-state index < -0.39 is 23.6 Å². The molecule has 0 aromatic heterocycles. The first-order valence-corrected chi connectivity index (χ1v) is 12.8. The molecule has 2 aromatic carbocycles. The third-order valence-electron chi connectivity index (χ3n) is 6.81. The van der Waals surface area contributed by atoms with Crippen molar-refractivity contribution in [2.75, 3.05) is 45.9 Å². The summed E-state index contributed by atoms with van der Waals surface area (Å²) >= 11 is 0. The minimum absolute atomic E-state index is 0.0384. The van der Waals surface area contributed by atoms with Crippen molar-refractivity contribution >= 4 is 17.9 Å². The van der Waals surface area contributed by atoms with Gasteiger partial charge >= 0.3 is 12.0 Å². The smallest absolute Gasteiger partial charge is 0.338 e. The fourth-order valence-electron chi connectivity index (χ4n) is 4.91. The average Bonchev–Trinajstić information content (AvgIpc) is 3.14. The van der Waals surface area contributed by atoms with Gasteiger partial charge in [-0.25, -0.2) is 18.4 Å². The molecule has 1 fully saturated rings. The SMILES string of the molecule is CCOC(=O)C1=C(CN2CCCN(C(=O)c3ccccc3F)CC2)N(CC)C(=O)NC1c1ccc(F)cc1. The Bertz CT molecular complexity index is 1220. The number of urea groups is 1. The average molecular weight is 527 g/mol. The van der Waals surface area contributed by atoms with E-state index in [2.05, 4.69) is 10.2 Å². The summed E-state index contributed by atoms with van der Waals surface area (Å²) < 4.78 is 33.2. The molecular formula is C28H32F2N4O4.